The molecule has 0 saturated carbocycles. The molecule has 4 aromatic rings. The van der Waals surface area contributed by atoms with Gasteiger partial charge in [0.2, 0.25) is 5.91 Å². The van der Waals surface area contributed by atoms with Crippen LogP contribution in [0.5, 0.6) is 5.75 Å². The highest BCUT2D eigenvalue weighted by molar-refractivity contribution is 7.17. The molecule has 0 aliphatic rings. The number of aromatic amines is 1. The molecule has 0 spiro atoms. The number of methoxy groups -OCH3 is 1. The van der Waals surface area contributed by atoms with Crippen LogP contribution in [0.15, 0.2) is 52.6 Å². The molecule has 152 valence electrons. The summed E-state index contributed by atoms with van der Waals surface area (Å²) in [5.74, 6) is 0.611. The van der Waals surface area contributed by atoms with Gasteiger partial charge in [0.05, 0.1) is 24.6 Å². The first kappa shape index (κ1) is 19.8. The molecule has 0 saturated heterocycles. The minimum Gasteiger partial charge on any atom is -0.495 e. The third-order valence-electron chi connectivity index (χ3n) is 5.02. The maximum atomic E-state index is 12.8. The summed E-state index contributed by atoms with van der Waals surface area (Å²) >= 11 is 1.40. The second-order valence-corrected chi connectivity index (χ2v) is 7.92. The number of H-pyrrole nitrogens is 1. The van der Waals surface area contributed by atoms with E-state index in [4.69, 9.17) is 4.74 Å². The Morgan fingerprint density at radius 1 is 1.17 bits per heavy atom. The largest absolute Gasteiger partial charge is 0.495 e. The van der Waals surface area contributed by atoms with Crippen molar-refractivity contribution < 1.29 is 9.53 Å². The van der Waals surface area contributed by atoms with Gasteiger partial charge in [-0.15, -0.1) is 11.3 Å². The molecule has 30 heavy (non-hydrogen) atoms. The molecule has 2 aromatic carbocycles. The number of anilines is 1. The minimum atomic E-state index is -0.284. The fourth-order valence-electron chi connectivity index (χ4n) is 3.29. The SMILES string of the molecule is COc1ccccc1NC(=O)Cc1nc2scc(-c3ccc(C)c(C)c3)c2c(=O)[nH]1. The van der Waals surface area contributed by atoms with Crippen LogP contribution >= 0.6 is 11.3 Å². The summed E-state index contributed by atoms with van der Waals surface area (Å²) in [5.41, 5.74) is 4.54. The number of fused-ring (bicyclic) bond motifs is 1. The number of rotatable bonds is 5. The van der Waals surface area contributed by atoms with Gasteiger partial charge in [0.1, 0.15) is 16.4 Å². The van der Waals surface area contributed by atoms with Crippen LogP contribution in [0.4, 0.5) is 5.69 Å². The summed E-state index contributed by atoms with van der Waals surface area (Å²) in [6.07, 6.45) is -0.0416. The van der Waals surface area contributed by atoms with Crippen molar-refractivity contribution in [3.8, 4) is 16.9 Å². The Balaban J connectivity index is 1.62. The topological polar surface area (TPSA) is 84.1 Å². The van der Waals surface area contributed by atoms with E-state index in [9.17, 15) is 9.59 Å². The molecule has 6 nitrogen and oxygen atoms in total. The second-order valence-electron chi connectivity index (χ2n) is 7.07. The molecule has 2 heterocycles. The van der Waals surface area contributed by atoms with E-state index in [2.05, 4.69) is 28.3 Å². The number of aryl methyl sites for hydroxylation is 2. The van der Waals surface area contributed by atoms with Crippen LogP contribution in [0.2, 0.25) is 0 Å². The smallest absolute Gasteiger partial charge is 0.260 e. The van der Waals surface area contributed by atoms with E-state index in [0.717, 1.165) is 11.1 Å². The third kappa shape index (κ3) is 3.84. The van der Waals surface area contributed by atoms with E-state index < -0.39 is 0 Å². The van der Waals surface area contributed by atoms with Crippen LogP contribution in [-0.2, 0) is 11.2 Å². The van der Waals surface area contributed by atoms with Gasteiger partial charge in [0.25, 0.3) is 5.56 Å². The molecule has 0 unspecified atom stereocenters. The summed E-state index contributed by atoms with van der Waals surface area (Å²) in [4.78, 5) is 33.2. The number of aromatic nitrogens is 2. The highest BCUT2D eigenvalue weighted by atomic mass is 32.1. The van der Waals surface area contributed by atoms with E-state index in [1.54, 1.807) is 19.2 Å². The van der Waals surface area contributed by atoms with Crippen LogP contribution in [0.1, 0.15) is 17.0 Å². The van der Waals surface area contributed by atoms with Crippen LogP contribution in [-0.4, -0.2) is 23.0 Å². The Morgan fingerprint density at radius 3 is 2.73 bits per heavy atom. The lowest BCUT2D eigenvalue weighted by Crippen LogP contribution is -2.19. The van der Waals surface area contributed by atoms with Gasteiger partial charge >= 0.3 is 0 Å². The standard InChI is InChI=1S/C23H21N3O3S/c1-13-8-9-15(10-14(13)2)16-12-30-23-21(16)22(28)25-19(26-23)11-20(27)24-17-6-4-5-7-18(17)29-3/h4-10,12H,11H2,1-3H3,(H,24,27)(H,25,26,28). The van der Waals surface area contributed by atoms with Crippen molar-refractivity contribution in [1.82, 2.24) is 9.97 Å². The molecule has 0 radical (unpaired) electrons. The number of carbonyl (C=O) groups is 1. The van der Waals surface area contributed by atoms with E-state index in [0.29, 0.717) is 27.5 Å². The highest BCUT2D eigenvalue weighted by Crippen LogP contribution is 2.31. The van der Waals surface area contributed by atoms with Crippen molar-refractivity contribution in [2.75, 3.05) is 12.4 Å². The molecule has 4 rings (SSSR count). The number of amides is 1. The zero-order valence-electron chi connectivity index (χ0n) is 16.9. The monoisotopic (exact) mass is 419 g/mol. The summed E-state index contributed by atoms with van der Waals surface area (Å²) < 4.78 is 5.25. The van der Waals surface area contributed by atoms with Gasteiger partial charge in [-0.3, -0.25) is 9.59 Å². The van der Waals surface area contributed by atoms with Crippen molar-refractivity contribution in [2.45, 2.75) is 20.3 Å². The van der Waals surface area contributed by atoms with E-state index in [-0.39, 0.29) is 17.9 Å². The molecule has 2 aromatic heterocycles. The van der Waals surface area contributed by atoms with Gasteiger partial charge in [0.15, 0.2) is 0 Å². The van der Waals surface area contributed by atoms with Crippen molar-refractivity contribution in [3.63, 3.8) is 0 Å². The summed E-state index contributed by atoms with van der Waals surface area (Å²) in [6, 6.07) is 13.3. The lowest BCUT2D eigenvalue weighted by Gasteiger charge is -2.09. The zero-order valence-corrected chi connectivity index (χ0v) is 17.7. The zero-order chi connectivity index (χ0) is 21.3. The predicted molar refractivity (Wildman–Crippen MR) is 120 cm³/mol. The second kappa shape index (κ2) is 8.12. The first-order valence-corrected chi connectivity index (χ1v) is 10.3. The van der Waals surface area contributed by atoms with E-state index in [1.807, 2.05) is 36.6 Å². The number of hydrogen-bond donors (Lipinski definition) is 2. The molecule has 0 bridgehead atoms. The maximum absolute atomic E-state index is 12.8. The highest BCUT2D eigenvalue weighted by Gasteiger charge is 2.15. The van der Waals surface area contributed by atoms with Gasteiger partial charge in [-0.25, -0.2) is 4.98 Å². The van der Waals surface area contributed by atoms with Gasteiger partial charge < -0.3 is 15.0 Å². The van der Waals surface area contributed by atoms with Crippen LogP contribution in [0.3, 0.4) is 0 Å². The molecule has 0 atom stereocenters. The third-order valence-corrected chi connectivity index (χ3v) is 5.89. The van der Waals surface area contributed by atoms with Crippen LogP contribution in [0.25, 0.3) is 21.3 Å². The summed E-state index contributed by atoms with van der Waals surface area (Å²) in [6.45, 7) is 4.11. The van der Waals surface area contributed by atoms with Gasteiger partial charge in [-0.05, 0) is 42.7 Å². The van der Waals surface area contributed by atoms with Crippen LogP contribution in [0, 0.1) is 13.8 Å². The fourth-order valence-corrected chi connectivity index (χ4v) is 4.26. The Hall–Kier alpha value is -3.45. The fraction of sp³-hybridized carbons (Fsp3) is 0.174. The molecule has 2 N–H and O–H groups in total. The normalized spacial score (nSPS) is 10.9. The van der Waals surface area contributed by atoms with Gasteiger partial charge in [-0.2, -0.15) is 0 Å². The first-order valence-electron chi connectivity index (χ1n) is 9.47. The lowest BCUT2D eigenvalue weighted by atomic mass is 10.0. The Labute approximate surface area is 177 Å². The molecule has 0 fully saturated rings. The van der Waals surface area contributed by atoms with Gasteiger partial charge in [0, 0.05) is 10.9 Å². The Bertz CT molecular complexity index is 1310. The molecule has 0 aliphatic carbocycles. The number of benzene rings is 2. The van der Waals surface area contributed by atoms with E-state index >= 15 is 0 Å². The minimum absolute atomic E-state index is 0.0416. The number of thiophene rings is 1. The van der Waals surface area contributed by atoms with Crippen molar-refractivity contribution in [3.05, 3.63) is 75.1 Å². The number of nitrogens with zero attached hydrogens (tertiary/aromatic N) is 1. The molecule has 1 amide bonds. The Kier molecular flexibility index (Phi) is 5.37. The van der Waals surface area contributed by atoms with Gasteiger partial charge in [-0.1, -0.05) is 30.3 Å². The average molecular weight is 420 g/mol. The molecule has 0 aliphatic heterocycles. The van der Waals surface area contributed by atoms with Crippen molar-refractivity contribution in [1.29, 1.82) is 0 Å². The number of carbonyl (C=O) groups excluding carboxylic acids is 1. The molecular weight excluding hydrogens is 398 g/mol. The number of nitrogens with one attached hydrogen (secondary N) is 2. The summed E-state index contributed by atoms with van der Waals surface area (Å²) in [5, 5.41) is 5.29. The molecular formula is C23H21N3O3S. The predicted octanol–water partition coefficient (Wildman–Crippen LogP) is 4.46. The number of ether oxygens (including phenoxy) is 1. The quantitative estimate of drug-likeness (QED) is 0.500. The lowest BCUT2D eigenvalue weighted by molar-refractivity contribution is -0.115. The maximum Gasteiger partial charge on any atom is 0.260 e. The van der Waals surface area contributed by atoms with Crippen LogP contribution < -0.4 is 15.6 Å². The average Bonchev–Trinajstić information content (AvgIpc) is 3.15. The Morgan fingerprint density at radius 2 is 1.97 bits per heavy atom. The molecule has 7 heteroatoms. The van der Waals surface area contributed by atoms with E-state index in [1.165, 1.54) is 22.5 Å². The summed E-state index contributed by atoms with van der Waals surface area (Å²) in [7, 11) is 1.54. The number of hydrogen-bond acceptors (Lipinski definition) is 5. The van der Waals surface area contributed by atoms with Crippen molar-refractivity contribution in [2.24, 2.45) is 0 Å². The van der Waals surface area contributed by atoms with Crippen molar-refractivity contribution >= 4 is 33.1 Å². The first-order chi connectivity index (χ1) is 14.5. The number of para-hydroxylation sites is 2.